The number of benzene rings is 3. The van der Waals surface area contributed by atoms with Gasteiger partial charge in [0.25, 0.3) is 11.8 Å². The third kappa shape index (κ3) is 9.59. The minimum atomic E-state index is -0.591. The molecule has 13 heteroatoms. The summed E-state index contributed by atoms with van der Waals surface area (Å²) in [6.07, 6.45) is 5.71. The topological polar surface area (TPSA) is 141 Å². The van der Waals surface area contributed by atoms with Crippen molar-refractivity contribution in [2.45, 2.75) is 56.1 Å². The largest absolute Gasteiger partial charge is 0.496 e. The molecule has 3 N–H and O–H groups in total. The molecule has 1 atom stereocenters. The van der Waals surface area contributed by atoms with E-state index in [1.54, 1.807) is 67.6 Å². The van der Waals surface area contributed by atoms with Crippen molar-refractivity contribution >= 4 is 63.6 Å². The lowest BCUT2D eigenvalue weighted by atomic mass is 9.95. The molecule has 0 bridgehead atoms. The van der Waals surface area contributed by atoms with Gasteiger partial charge in [0.05, 0.1) is 38.7 Å². The lowest BCUT2D eigenvalue weighted by molar-refractivity contribution is -0.116. The van der Waals surface area contributed by atoms with Crippen LogP contribution in [0.1, 0.15) is 69.8 Å². The van der Waals surface area contributed by atoms with Gasteiger partial charge in [-0.15, -0.1) is 23.1 Å². The first-order valence-electron chi connectivity index (χ1n) is 17.3. The highest BCUT2D eigenvalue weighted by Gasteiger charge is 2.29. The van der Waals surface area contributed by atoms with Crippen LogP contribution in [0, 0.1) is 0 Å². The summed E-state index contributed by atoms with van der Waals surface area (Å²) in [5.74, 6) is -0.484. The van der Waals surface area contributed by atoms with Gasteiger partial charge in [-0.3, -0.25) is 14.4 Å². The van der Waals surface area contributed by atoms with Crippen LogP contribution >= 0.6 is 23.1 Å². The van der Waals surface area contributed by atoms with Crippen LogP contribution in [0.4, 0.5) is 10.7 Å². The fourth-order valence-electron chi connectivity index (χ4n) is 5.86. The number of amides is 3. The second kappa shape index (κ2) is 18.5. The van der Waals surface area contributed by atoms with E-state index in [4.69, 9.17) is 18.9 Å². The summed E-state index contributed by atoms with van der Waals surface area (Å²) in [6, 6.07) is 18.9. The number of rotatable bonds is 15. The van der Waals surface area contributed by atoms with Gasteiger partial charge in [-0.1, -0.05) is 31.2 Å². The third-order valence-electron chi connectivity index (χ3n) is 8.49. The number of hydrogen-bond donors (Lipinski definition) is 3. The highest BCUT2D eigenvalue weighted by atomic mass is 32.2. The van der Waals surface area contributed by atoms with Crippen LogP contribution in [-0.4, -0.2) is 56.9 Å². The van der Waals surface area contributed by atoms with Crippen LogP contribution < -0.4 is 30.2 Å². The number of aryl methyl sites for hydroxylation is 1. The highest BCUT2D eigenvalue weighted by Crippen LogP contribution is 2.40. The van der Waals surface area contributed by atoms with E-state index in [-0.39, 0.29) is 18.2 Å². The summed E-state index contributed by atoms with van der Waals surface area (Å²) in [4.78, 5) is 55.6. The van der Waals surface area contributed by atoms with E-state index in [1.165, 1.54) is 50.5 Å². The number of thioether (sulfide) groups is 1. The Labute approximate surface area is 317 Å². The summed E-state index contributed by atoms with van der Waals surface area (Å²) in [7, 11) is 4.49. The summed E-state index contributed by atoms with van der Waals surface area (Å²) in [5.41, 5.74) is 2.68. The van der Waals surface area contributed by atoms with Crippen molar-refractivity contribution in [1.29, 1.82) is 0 Å². The molecule has 5 rings (SSSR count). The molecule has 0 aliphatic heterocycles. The van der Waals surface area contributed by atoms with E-state index in [9.17, 15) is 19.2 Å². The number of nitrogens with one attached hydrogen (secondary N) is 3. The van der Waals surface area contributed by atoms with E-state index >= 15 is 0 Å². The van der Waals surface area contributed by atoms with E-state index in [0.717, 1.165) is 41.0 Å². The minimum absolute atomic E-state index is 0.0516. The molecular weight excluding hydrogens is 715 g/mol. The lowest BCUT2D eigenvalue weighted by Crippen LogP contribution is -2.30. The normalized spacial score (nSPS) is 12.9. The van der Waals surface area contributed by atoms with Gasteiger partial charge in [-0.2, -0.15) is 0 Å². The summed E-state index contributed by atoms with van der Waals surface area (Å²) >= 11 is 2.80. The summed E-state index contributed by atoms with van der Waals surface area (Å²) in [5, 5.41) is 8.70. The van der Waals surface area contributed by atoms with Gasteiger partial charge >= 0.3 is 5.97 Å². The number of fused-ring (bicyclic) bond motifs is 1. The zero-order chi connectivity index (χ0) is 37.9. The van der Waals surface area contributed by atoms with Crippen LogP contribution in [0.3, 0.4) is 0 Å². The van der Waals surface area contributed by atoms with Crippen LogP contribution in [0.5, 0.6) is 17.2 Å². The maximum atomic E-state index is 13.9. The molecule has 1 unspecified atom stereocenters. The van der Waals surface area contributed by atoms with Gasteiger partial charge in [0.15, 0.2) is 11.5 Å². The Hall–Kier alpha value is -5.27. The molecule has 3 aromatic carbocycles. The molecule has 1 heterocycles. The van der Waals surface area contributed by atoms with Gasteiger partial charge in [0.2, 0.25) is 5.91 Å². The maximum absolute atomic E-state index is 13.9. The maximum Gasteiger partial charge on any atom is 0.341 e. The molecular formula is C40H43N3O8S2. The molecule has 1 aliphatic rings. The molecule has 0 spiro atoms. The van der Waals surface area contributed by atoms with Crippen molar-refractivity contribution in [3.63, 3.8) is 0 Å². The van der Waals surface area contributed by atoms with Crippen LogP contribution in [-0.2, 0) is 27.2 Å². The van der Waals surface area contributed by atoms with Crippen LogP contribution in [0.2, 0.25) is 0 Å². The van der Waals surface area contributed by atoms with Crippen LogP contribution in [0.25, 0.3) is 6.08 Å². The van der Waals surface area contributed by atoms with E-state index in [0.29, 0.717) is 51.0 Å². The zero-order valence-corrected chi connectivity index (χ0v) is 32.0. The molecule has 4 aromatic rings. The minimum Gasteiger partial charge on any atom is -0.496 e. The zero-order valence-electron chi connectivity index (χ0n) is 30.3. The average molecular weight is 758 g/mol. The van der Waals surface area contributed by atoms with Crippen molar-refractivity contribution in [3.05, 3.63) is 99.6 Å². The van der Waals surface area contributed by atoms with Gasteiger partial charge < -0.3 is 34.9 Å². The number of hydrogen-bond acceptors (Lipinski definition) is 10. The van der Waals surface area contributed by atoms with Crippen molar-refractivity contribution in [2.24, 2.45) is 0 Å². The second-order valence-corrected chi connectivity index (χ2v) is 14.3. The Morgan fingerprint density at radius 2 is 1.57 bits per heavy atom. The first-order valence-corrected chi connectivity index (χ1v) is 19.0. The summed E-state index contributed by atoms with van der Waals surface area (Å²) in [6.45, 7) is 3.93. The second-order valence-electron chi connectivity index (χ2n) is 11.9. The van der Waals surface area contributed by atoms with Crippen LogP contribution in [0.15, 0.2) is 77.3 Å². The third-order valence-corrected chi connectivity index (χ3v) is 11.1. The van der Waals surface area contributed by atoms with Gasteiger partial charge in [-0.05, 0) is 87.1 Å². The molecule has 0 saturated carbocycles. The van der Waals surface area contributed by atoms with Gasteiger partial charge in [0.1, 0.15) is 16.4 Å². The molecule has 3 amide bonds. The van der Waals surface area contributed by atoms with Crippen molar-refractivity contribution in [2.75, 3.05) is 38.6 Å². The standard InChI is InChI=1S/C40H43N3O8S2/c1-6-33(38(46)43-39-35(40(47)51-7-2)28-18-11-12-19-34(28)53-39)52-27-17-13-16-26(22-27)41-37(45)29(42-36(44)24-14-9-8-10-15-24)20-25-21-31(49-4)32(50-5)23-30(25)48-3/h8-10,13-17,20-23,33H,6-7,11-12,18-19H2,1-5H3,(H,41,45)(H,42,44)(H,43,46)/b29-20+. The number of carbonyl (C=O) groups is 4. The number of carbonyl (C=O) groups excluding carboxylic acids is 4. The fraction of sp³-hybridized carbons (Fsp3) is 0.300. The van der Waals surface area contributed by atoms with Crippen molar-refractivity contribution in [1.82, 2.24) is 5.32 Å². The lowest BCUT2D eigenvalue weighted by Gasteiger charge is -2.16. The molecule has 1 aliphatic carbocycles. The SMILES string of the molecule is CCOC(=O)c1c(NC(=O)C(CC)Sc2cccc(NC(=O)/C(=C\c3cc(OC)c(OC)cc3OC)NC(=O)c3ccccc3)c2)sc2c1CCCC2. The van der Waals surface area contributed by atoms with Gasteiger partial charge in [-0.25, -0.2) is 4.79 Å². The molecule has 0 fully saturated rings. The Morgan fingerprint density at radius 3 is 2.26 bits per heavy atom. The van der Waals surface area contributed by atoms with E-state index in [1.807, 2.05) is 13.0 Å². The Balaban J connectivity index is 1.37. The first kappa shape index (κ1) is 38.9. The first-order chi connectivity index (χ1) is 25.7. The molecule has 11 nitrogen and oxygen atoms in total. The number of anilines is 2. The Bertz CT molecular complexity index is 1990. The predicted octanol–water partition coefficient (Wildman–Crippen LogP) is 7.75. The number of methoxy groups -OCH3 is 3. The Kier molecular flexibility index (Phi) is 13.6. The monoisotopic (exact) mass is 757 g/mol. The fourth-order valence-corrected chi connectivity index (χ4v) is 8.15. The van der Waals surface area contributed by atoms with Gasteiger partial charge in [0, 0.05) is 32.7 Å². The Morgan fingerprint density at radius 1 is 0.849 bits per heavy atom. The highest BCUT2D eigenvalue weighted by molar-refractivity contribution is 8.00. The molecule has 53 heavy (non-hydrogen) atoms. The average Bonchev–Trinajstić information content (AvgIpc) is 3.54. The predicted molar refractivity (Wildman–Crippen MR) is 209 cm³/mol. The molecule has 278 valence electrons. The van der Waals surface area contributed by atoms with Crippen molar-refractivity contribution in [3.8, 4) is 17.2 Å². The number of thiophene rings is 1. The smallest absolute Gasteiger partial charge is 0.341 e. The number of esters is 1. The molecule has 0 radical (unpaired) electrons. The van der Waals surface area contributed by atoms with E-state index < -0.39 is 23.0 Å². The molecule has 0 saturated heterocycles. The van der Waals surface area contributed by atoms with E-state index in [2.05, 4.69) is 16.0 Å². The molecule has 1 aromatic heterocycles. The number of ether oxygens (including phenoxy) is 4. The quantitative estimate of drug-likeness (QED) is 0.0631. The summed E-state index contributed by atoms with van der Waals surface area (Å²) < 4.78 is 21.8. The van der Waals surface area contributed by atoms with Crippen molar-refractivity contribution < 1.29 is 38.1 Å².